The number of amides is 2. The van der Waals surface area contributed by atoms with Crippen LogP contribution in [0.1, 0.15) is 75.4 Å². The van der Waals surface area contributed by atoms with Crippen LogP contribution in [0.25, 0.3) is 5.65 Å². The van der Waals surface area contributed by atoms with Crippen LogP contribution in [-0.4, -0.2) is 57.5 Å². The van der Waals surface area contributed by atoms with Crippen LogP contribution in [0.2, 0.25) is 0 Å². The lowest BCUT2D eigenvalue weighted by Crippen LogP contribution is -2.56. The van der Waals surface area contributed by atoms with Crippen molar-refractivity contribution in [1.82, 2.24) is 24.8 Å². The molecule has 1 aliphatic heterocycles. The van der Waals surface area contributed by atoms with Crippen LogP contribution < -0.4 is 16.0 Å². The van der Waals surface area contributed by atoms with Gasteiger partial charge in [0, 0.05) is 50.4 Å². The summed E-state index contributed by atoms with van der Waals surface area (Å²) in [6, 6.07) is 9.72. The SMILES string of the molecule is Cc1cn2nc([C@H](C)N(C)C(=O)C3(NC(=O)CC(C)(C)C)CCc4ccccc43)cc2nc1N1CC[C@H](N)C1. The summed E-state index contributed by atoms with van der Waals surface area (Å²) < 4.78 is 1.78. The van der Waals surface area contributed by atoms with Crippen molar-refractivity contribution in [3.8, 4) is 0 Å². The van der Waals surface area contributed by atoms with Crippen LogP contribution >= 0.6 is 0 Å². The number of aryl methyl sites for hydroxylation is 2. The van der Waals surface area contributed by atoms with Gasteiger partial charge in [0.1, 0.15) is 11.4 Å². The number of carbonyl (C=O) groups is 2. The average molecular weight is 532 g/mol. The Morgan fingerprint density at radius 2 is 2.03 bits per heavy atom. The predicted octanol–water partition coefficient (Wildman–Crippen LogP) is 3.49. The van der Waals surface area contributed by atoms with Gasteiger partial charge in [0.15, 0.2) is 5.65 Å². The van der Waals surface area contributed by atoms with Gasteiger partial charge >= 0.3 is 0 Å². The lowest BCUT2D eigenvalue weighted by atomic mass is 9.87. The maximum Gasteiger partial charge on any atom is 0.253 e. The first-order chi connectivity index (χ1) is 18.4. The molecule has 9 nitrogen and oxygen atoms in total. The van der Waals surface area contributed by atoms with E-state index in [1.54, 1.807) is 16.5 Å². The molecule has 1 saturated heterocycles. The number of anilines is 1. The van der Waals surface area contributed by atoms with Crippen molar-refractivity contribution < 1.29 is 9.59 Å². The van der Waals surface area contributed by atoms with Gasteiger partial charge in [0.05, 0.1) is 11.7 Å². The minimum atomic E-state index is -1.10. The Morgan fingerprint density at radius 1 is 1.28 bits per heavy atom. The van der Waals surface area contributed by atoms with Crippen molar-refractivity contribution in [1.29, 1.82) is 0 Å². The summed E-state index contributed by atoms with van der Waals surface area (Å²) in [4.78, 5) is 36.4. The molecule has 0 saturated carbocycles. The number of likely N-dealkylation sites (N-methyl/N-ethyl adjacent to an activating group) is 1. The van der Waals surface area contributed by atoms with Gasteiger partial charge in [-0.25, -0.2) is 9.50 Å². The predicted molar refractivity (Wildman–Crippen MR) is 152 cm³/mol. The molecular formula is C30H41N7O2. The summed E-state index contributed by atoms with van der Waals surface area (Å²) in [7, 11) is 1.80. The lowest BCUT2D eigenvalue weighted by molar-refractivity contribution is -0.143. The number of rotatable bonds is 6. The topological polar surface area (TPSA) is 109 Å². The van der Waals surface area contributed by atoms with Gasteiger partial charge in [-0.15, -0.1) is 0 Å². The van der Waals surface area contributed by atoms with Crippen LogP contribution in [0.15, 0.2) is 36.5 Å². The standard InChI is InChI=1S/C30H41N7O2/c1-19-17-37-25(32-27(19)36-14-12-22(31)18-36)15-24(34-37)20(2)35(6)28(39)30(33-26(38)16-29(3,4)5)13-11-21-9-7-8-10-23(21)30/h7-10,15,17,20,22H,11-14,16,18,31H2,1-6H3,(H,33,38)/t20-,22-,30?/m0/s1. The molecule has 2 amide bonds. The van der Waals surface area contributed by atoms with Crippen molar-refractivity contribution in [3.05, 3.63) is 58.9 Å². The van der Waals surface area contributed by atoms with E-state index in [0.717, 1.165) is 59.8 Å². The van der Waals surface area contributed by atoms with E-state index >= 15 is 0 Å². The average Bonchev–Trinajstić information content (AvgIpc) is 3.58. The highest BCUT2D eigenvalue weighted by Gasteiger charge is 2.49. The first-order valence-electron chi connectivity index (χ1n) is 13.9. The summed E-state index contributed by atoms with van der Waals surface area (Å²) in [6.45, 7) is 11.8. The molecule has 0 spiro atoms. The van der Waals surface area contributed by atoms with Gasteiger partial charge in [0.2, 0.25) is 5.91 Å². The van der Waals surface area contributed by atoms with E-state index in [0.29, 0.717) is 12.8 Å². The molecule has 2 aliphatic rings. The molecular weight excluding hydrogens is 490 g/mol. The number of benzene rings is 1. The molecule has 1 unspecified atom stereocenters. The van der Waals surface area contributed by atoms with E-state index < -0.39 is 5.54 Å². The fraction of sp³-hybridized carbons (Fsp3) is 0.533. The second kappa shape index (κ2) is 9.93. The van der Waals surface area contributed by atoms with Crippen LogP contribution in [0.3, 0.4) is 0 Å². The fourth-order valence-electron chi connectivity index (χ4n) is 5.98. The lowest BCUT2D eigenvalue weighted by Gasteiger charge is -2.37. The quantitative estimate of drug-likeness (QED) is 0.504. The largest absolute Gasteiger partial charge is 0.355 e. The normalized spacial score (nSPS) is 21.7. The molecule has 3 aromatic rings. The highest BCUT2D eigenvalue weighted by molar-refractivity contribution is 5.94. The van der Waals surface area contributed by atoms with E-state index in [4.69, 9.17) is 15.8 Å². The smallest absolute Gasteiger partial charge is 0.253 e. The number of nitrogens with zero attached hydrogens (tertiary/aromatic N) is 5. The maximum atomic E-state index is 14.3. The van der Waals surface area contributed by atoms with E-state index in [1.807, 2.05) is 71.1 Å². The third kappa shape index (κ3) is 5.12. The number of hydrogen-bond acceptors (Lipinski definition) is 6. The summed E-state index contributed by atoms with van der Waals surface area (Å²) in [6.07, 6.45) is 4.55. The van der Waals surface area contributed by atoms with Gasteiger partial charge in [-0.1, -0.05) is 45.0 Å². The van der Waals surface area contributed by atoms with E-state index in [9.17, 15) is 9.59 Å². The Hall–Kier alpha value is -3.46. The molecule has 39 heavy (non-hydrogen) atoms. The number of nitrogens with two attached hydrogens (primary N) is 1. The summed E-state index contributed by atoms with van der Waals surface area (Å²) >= 11 is 0. The second-order valence-electron chi connectivity index (χ2n) is 12.6. The first kappa shape index (κ1) is 27.1. The van der Waals surface area contributed by atoms with E-state index in [2.05, 4.69) is 10.2 Å². The number of aromatic nitrogens is 3. The summed E-state index contributed by atoms with van der Waals surface area (Å²) in [5.41, 5.74) is 9.35. The van der Waals surface area contributed by atoms with Gasteiger partial charge < -0.3 is 20.9 Å². The number of fused-ring (bicyclic) bond motifs is 2. The molecule has 1 fully saturated rings. The Balaban J connectivity index is 1.44. The van der Waals surface area contributed by atoms with Gasteiger partial charge in [-0.2, -0.15) is 5.10 Å². The summed E-state index contributed by atoms with van der Waals surface area (Å²) in [5.74, 6) is 0.687. The van der Waals surface area contributed by atoms with Crippen molar-refractivity contribution >= 4 is 23.3 Å². The zero-order chi connectivity index (χ0) is 28.1. The van der Waals surface area contributed by atoms with E-state index in [1.165, 1.54) is 0 Å². The Bertz CT molecular complexity index is 1410. The number of hydrogen-bond donors (Lipinski definition) is 2. The molecule has 9 heteroatoms. The number of carbonyl (C=O) groups excluding carboxylic acids is 2. The molecule has 1 aliphatic carbocycles. The number of nitrogens with one attached hydrogen (secondary N) is 1. The Labute approximate surface area is 230 Å². The molecule has 3 heterocycles. The van der Waals surface area contributed by atoms with Crippen molar-refractivity contribution in [2.24, 2.45) is 11.1 Å². The molecule has 5 rings (SSSR count). The highest BCUT2D eigenvalue weighted by Crippen LogP contribution is 2.40. The van der Waals surface area contributed by atoms with Crippen molar-refractivity contribution in [2.45, 2.75) is 77.9 Å². The second-order valence-corrected chi connectivity index (χ2v) is 12.6. The third-order valence-electron chi connectivity index (χ3n) is 8.13. The first-order valence-corrected chi connectivity index (χ1v) is 13.9. The van der Waals surface area contributed by atoms with Crippen LogP contribution in [0.5, 0.6) is 0 Å². The Kier molecular flexibility index (Phi) is 6.91. The zero-order valence-corrected chi connectivity index (χ0v) is 24.0. The van der Waals surface area contributed by atoms with Crippen molar-refractivity contribution in [3.63, 3.8) is 0 Å². The molecule has 3 N–H and O–H groups in total. The minimum Gasteiger partial charge on any atom is -0.355 e. The third-order valence-corrected chi connectivity index (χ3v) is 8.13. The van der Waals surface area contributed by atoms with Crippen LogP contribution in [0.4, 0.5) is 5.82 Å². The fourth-order valence-corrected chi connectivity index (χ4v) is 5.98. The van der Waals surface area contributed by atoms with Crippen LogP contribution in [0, 0.1) is 12.3 Å². The molecule has 0 bridgehead atoms. The van der Waals surface area contributed by atoms with Gasteiger partial charge in [0.25, 0.3) is 5.91 Å². The molecule has 2 aromatic heterocycles. The minimum absolute atomic E-state index is 0.116. The molecule has 208 valence electrons. The Morgan fingerprint density at radius 3 is 2.72 bits per heavy atom. The zero-order valence-electron chi connectivity index (χ0n) is 24.0. The highest BCUT2D eigenvalue weighted by atomic mass is 16.2. The molecule has 0 radical (unpaired) electrons. The molecule has 1 aromatic carbocycles. The van der Waals surface area contributed by atoms with Crippen LogP contribution in [-0.2, 0) is 21.5 Å². The summed E-state index contributed by atoms with van der Waals surface area (Å²) in [5, 5.41) is 7.98. The van der Waals surface area contributed by atoms with E-state index in [-0.39, 0.29) is 29.3 Å². The molecule has 3 atom stereocenters. The van der Waals surface area contributed by atoms with Crippen molar-refractivity contribution in [2.75, 3.05) is 25.0 Å². The maximum absolute atomic E-state index is 14.3. The monoisotopic (exact) mass is 531 g/mol. The van der Waals surface area contributed by atoms with Gasteiger partial charge in [-0.05, 0) is 49.7 Å². The van der Waals surface area contributed by atoms with Gasteiger partial charge in [-0.3, -0.25) is 9.59 Å².